The summed E-state index contributed by atoms with van der Waals surface area (Å²) in [5.74, 6) is 2.94. The molecule has 0 aromatic rings. The van der Waals surface area contributed by atoms with E-state index in [0.717, 1.165) is 49.0 Å². The molecule has 0 aromatic carbocycles. The monoisotopic (exact) mass is 542 g/mol. The van der Waals surface area contributed by atoms with Gasteiger partial charge in [-0.3, -0.25) is 4.90 Å². The molecule has 1 heterocycles. The van der Waals surface area contributed by atoms with Crippen LogP contribution in [0.15, 0.2) is 11.6 Å². The SMILES string of the molecule is CC(C)C(C(=O)OC1CCC2(C)C(=CCC3C2CCC24CN(C)C(C)C2CCC34)C1)N(C)C(=O)OC(C)(C)C. The largest absolute Gasteiger partial charge is 0.460 e. The fourth-order valence-electron chi connectivity index (χ4n) is 10.1. The Labute approximate surface area is 237 Å². The molecule has 1 saturated heterocycles. The van der Waals surface area contributed by atoms with Crippen molar-refractivity contribution >= 4 is 12.1 Å². The summed E-state index contributed by atoms with van der Waals surface area (Å²) in [6, 6.07) is 0.0700. The molecule has 1 aliphatic heterocycles. The van der Waals surface area contributed by atoms with Gasteiger partial charge in [0.05, 0.1) is 0 Å². The van der Waals surface area contributed by atoms with Crippen molar-refractivity contribution in [3.05, 3.63) is 11.6 Å². The Kier molecular flexibility index (Phi) is 7.47. The van der Waals surface area contributed by atoms with E-state index in [1.54, 1.807) is 7.05 Å². The van der Waals surface area contributed by atoms with Gasteiger partial charge in [-0.25, -0.2) is 9.59 Å². The Bertz CT molecular complexity index is 1000. The number of carbonyl (C=O) groups excluding carboxylic acids is 2. The zero-order chi connectivity index (χ0) is 28.5. The third-order valence-corrected chi connectivity index (χ3v) is 11.9. The first-order valence-corrected chi connectivity index (χ1v) is 15.7. The molecule has 5 aliphatic rings. The van der Waals surface area contributed by atoms with Crippen molar-refractivity contribution < 1.29 is 19.1 Å². The number of allylic oxidation sites excluding steroid dienone is 1. The summed E-state index contributed by atoms with van der Waals surface area (Å²) in [5, 5.41) is 0. The van der Waals surface area contributed by atoms with Gasteiger partial charge in [0.2, 0.25) is 0 Å². The quantitative estimate of drug-likeness (QED) is 0.293. The van der Waals surface area contributed by atoms with E-state index in [4.69, 9.17) is 9.47 Å². The van der Waals surface area contributed by atoms with Crippen molar-refractivity contribution in [3.63, 3.8) is 0 Å². The first-order valence-electron chi connectivity index (χ1n) is 15.7. The van der Waals surface area contributed by atoms with Crippen molar-refractivity contribution in [2.75, 3.05) is 20.6 Å². The molecule has 0 N–H and O–H groups in total. The third kappa shape index (κ3) is 4.85. The minimum absolute atomic E-state index is 0.0688. The van der Waals surface area contributed by atoms with Gasteiger partial charge < -0.3 is 14.4 Å². The minimum Gasteiger partial charge on any atom is -0.460 e. The molecular formula is C33H54N2O4. The molecule has 1 amide bonds. The van der Waals surface area contributed by atoms with E-state index in [1.807, 2.05) is 34.6 Å². The maximum Gasteiger partial charge on any atom is 0.410 e. The van der Waals surface area contributed by atoms with E-state index in [0.29, 0.717) is 5.41 Å². The lowest BCUT2D eigenvalue weighted by Gasteiger charge is -2.58. The van der Waals surface area contributed by atoms with Gasteiger partial charge in [0.15, 0.2) is 0 Å². The highest BCUT2D eigenvalue weighted by molar-refractivity contribution is 5.81. The van der Waals surface area contributed by atoms with Crippen molar-refractivity contribution in [2.45, 2.75) is 124 Å². The number of esters is 1. The number of nitrogens with zero attached hydrogens (tertiary/aromatic N) is 2. The lowest BCUT2D eigenvalue weighted by atomic mass is 9.47. The van der Waals surface area contributed by atoms with Crippen LogP contribution in [0.3, 0.4) is 0 Å². The van der Waals surface area contributed by atoms with Crippen LogP contribution in [0.25, 0.3) is 0 Å². The highest BCUT2D eigenvalue weighted by Gasteiger charge is 2.64. The molecule has 1 spiro atoms. The number of hydrogen-bond acceptors (Lipinski definition) is 5. The lowest BCUT2D eigenvalue weighted by molar-refractivity contribution is -0.159. The summed E-state index contributed by atoms with van der Waals surface area (Å²) in [6.07, 6.45) is 11.6. The number of likely N-dealkylation sites (tertiary alicyclic amines) is 1. The molecule has 4 aliphatic carbocycles. The Hall–Kier alpha value is -1.56. The molecule has 0 aromatic heterocycles. The molecule has 4 fully saturated rings. The van der Waals surface area contributed by atoms with E-state index in [1.165, 1.54) is 49.1 Å². The van der Waals surface area contributed by atoms with Crippen LogP contribution in [-0.4, -0.2) is 66.3 Å². The number of hydrogen-bond donors (Lipinski definition) is 0. The molecule has 9 unspecified atom stereocenters. The Morgan fingerprint density at radius 2 is 1.77 bits per heavy atom. The van der Waals surface area contributed by atoms with Crippen LogP contribution in [-0.2, 0) is 14.3 Å². The summed E-state index contributed by atoms with van der Waals surface area (Å²) in [7, 11) is 3.99. The minimum atomic E-state index is -0.658. The topological polar surface area (TPSA) is 59.1 Å². The molecule has 5 rings (SSSR count). The van der Waals surface area contributed by atoms with E-state index >= 15 is 0 Å². The van der Waals surface area contributed by atoms with Gasteiger partial charge in [0.25, 0.3) is 0 Å². The van der Waals surface area contributed by atoms with E-state index in [-0.39, 0.29) is 23.4 Å². The van der Waals surface area contributed by atoms with Gasteiger partial charge in [-0.1, -0.05) is 32.4 Å². The number of rotatable bonds is 4. The number of ether oxygens (including phenoxy) is 2. The number of carbonyl (C=O) groups is 2. The lowest BCUT2D eigenvalue weighted by Crippen LogP contribution is -2.52. The van der Waals surface area contributed by atoms with Crippen molar-refractivity contribution in [2.24, 2.45) is 40.4 Å². The van der Waals surface area contributed by atoms with Gasteiger partial charge in [-0.2, -0.15) is 0 Å². The van der Waals surface area contributed by atoms with Crippen LogP contribution in [0.4, 0.5) is 4.79 Å². The van der Waals surface area contributed by atoms with Crippen molar-refractivity contribution in [3.8, 4) is 0 Å². The molecule has 39 heavy (non-hydrogen) atoms. The normalized spacial score (nSPS) is 40.6. The van der Waals surface area contributed by atoms with Crippen LogP contribution >= 0.6 is 0 Å². The molecule has 0 bridgehead atoms. The van der Waals surface area contributed by atoms with Gasteiger partial charge >= 0.3 is 12.1 Å². The predicted molar refractivity (Wildman–Crippen MR) is 154 cm³/mol. The first-order chi connectivity index (χ1) is 18.2. The van der Waals surface area contributed by atoms with Gasteiger partial charge in [-0.15, -0.1) is 0 Å². The van der Waals surface area contributed by atoms with Gasteiger partial charge in [-0.05, 0) is 120 Å². The second-order valence-corrected chi connectivity index (χ2v) is 15.5. The maximum absolute atomic E-state index is 13.4. The fraction of sp³-hybridized carbons (Fsp3) is 0.879. The summed E-state index contributed by atoms with van der Waals surface area (Å²) >= 11 is 0. The average molecular weight is 543 g/mol. The smallest absolute Gasteiger partial charge is 0.410 e. The molecule has 6 heteroatoms. The average Bonchev–Trinajstić information content (AvgIpc) is 3.31. The second-order valence-electron chi connectivity index (χ2n) is 15.5. The molecule has 0 radical (unpaired) electrons. The molecular weight excluding hydrogens is 488 g/mol. The van der Waals surface area contributed by atoms with Crippen molar-refractivity contribution in [1.29, 1.82) is 0 Å². The van der Waals surface area contributed by atoms with E-state index in [2.05, 4.69) is 31.9 Å². The fourth-order valence-corrected chi connectivity index (χ4v) is 10.1. The molecule has 220 valence electrons. The van der Waals surface area contributed by atoms with E-state index in [9.17, 15) is 9.59 Å². The van der Waals surface area contributed by atoms with Crippen LogP contribution in [0.2, 0.25) is 0 Å². The Morgan fingerprint density at radius 3 is 2.44 bits per heavy atom. The molecule has 3 saturated carbocycles. The standard InChI is InChI=1S/C33H54N2O4/c1-20(2)28(35(9)30(37)39-31(4,5)6)29(36)38-23-14-16-32(7)22(18-23)10-11-24-26(32)15-17-33-19-34(8)21(3)25(33)12-13-27(24)33/h10,20-21,23-28H,11-19H2,1-9H3. The summed E-state index contributed by atoms with van der Waals surface area (Å²) in [4.78, 5) is 30.2. The van der Waals surface area contributed by atoms with Gasteiger partial charge in [0, 0.05) is 26.1 Å². The summed E-state index contributed by atoms with van der Waals surface area (Å²) < 4.78 is 11.7. The van der Waals surface area contributed by atoms with Gasteiger partial charge in [0.1, 0.15) is 17.7 Å². The van der Waals surface area contributed by atoms with Crippen molar-refractivity contribution in [1.82, 2.24) is 9.80 Å². The Balaban J connectivity index is 1.27. The molecule has 6 nitrogen and oxygen atoms in total. The van der Waals surface area contributed by atoms with Crippen LogP contribution in [0.1, 0.15) is 99.8 Å². The van der Waals surface area contributed by atoms with Crippen LogP contribution < -0.4 is 0 Å². The van der Waals surface area contributed by atoms with Crippen LogP contribution in [0.5, 0.6) is 0 Å². The number of fused-ring (bicyclic) bond motifs is 4. The predicted octanol–water partition coefficient (Wildman–Crippen LogP) is 6.68. The highest BCUT2D eigenvalue weighted by atomic mass is 16.6. The second kappa shape index (κ2) is 10.1. The third-order valence-electron chi connectivity index (χ3n) is 11.9. The van der Waals surface area contributed by atoms with Crippen LogP contribution in [0, 0.1) is 40.4 Å². The first kappa shape index (κ1) is 29.0. The highest BCUT2D eigenvalue weighted by Crippen LogP contribution is 2.68. The summed E-state index contributed by atoms with van der Waals surface area (Å²) in [6.45, 7) is 15.7. The summed E-state index contributed by atoms with van der Waals surface area (Å²) in [5.41, 5.74) is 1.69. The zero-order valence-corrected chi connectivity index (χ0v) is 26.1. The zero-order valence-electron chi connectivity index (χ0n) is 26.1. The van der Waals surface area contributed by atoms with E-state index < -0.39 is 17.7 Å². The number of amides is 1. The maximum atomic E-state index is 13.4. The Morgan fingerprint density at radius 1 is 1.08 bits per heavy atom. The number of likely N-dealkylation sites (N-methyl/N-ethyl adjacent to an activating group) is 1. The molecule has 9 atom stereocenters.